The third-order valence-corrected chi connectivity index (χ3v) is 2.46. The van der Waals surface area contributed by atoms with Gasteiger partial charge >= 0.3 is 0 Å². The number of hydrogen-bond donors (Lipinski definition) is 1. The van der Waals surface area contributed by atoms with Crippen LogP contribution in [0.15, 0.2) is 0 Å². The molecular weight excluding hydrogens is 136 g/mol. The highest BCUT2D eigenvalue weighted by Gasteiger charge is 2.21. The Labute approximate surface area is 70.8 Å². The van der Waals surface area contributed by atoms with Crippen molar-refractivity contribution in [3.8, 4) is 0 Å². The summed E-state index contributed by atoms with van der Waals surface area (Å²) in [6, 6.07) is 0.269. The first-order valence-electron chi connectivity index (χ1n) is 4.37. The Bertz CT molecular complexity index is 108. The second kappa shape index (κ2) is 4.07. The fraction of sp³-hybridized carbons (Fsp3) is 1.00. The summed E-state index contributed by atoms with van der Waals surface area (Å²) in [5.74, 6) is 0. The van der Waals surface area contributed by atoms with Crippen LogP contribution in [0, 0.1) is 0 Å². The normalized spacial score (nSPS) is 15.5. The molecule has 0 aromatic rings. The minimum Gasteiger partial charge on any atom is -0.327 e. The van der Waals surface area contributed by atoms with Crippen molar-refractivity contribution in [3.63, 3.8) is 0 Å². The van der Waals surface area contributed by atoms with E-state index < -0.39 is 0 Å². The first-order valence-corrected chi connectivity index (χ1v) is 4.37. The summed E-state index contributed by atoms with van der Waals surface area (Å²) in [6.07, 6.45) is 1.16. The molecule has 11 heavy (non-hydrogen) atoms. The highest BCUT2D eigenvalue weighted by Crippen LogP contribution is 2.15. The van der Waals surface area contributed by atoms with Crippen LogP contribution in [-0.4, -0.2) is 30.1 Å². The summed E-state index contributed by atoms with van der Waals surface area (Å²) < 4.78 is 0. The molecule has 0 saturated carbocycles. The Morgan fingerprint density at radius 1 is 1.45 bits per heavy atom. The lowest BCUT2D eigenvalue weighted by molar-refractivity contribution is 0.144. The summed E-state index contributed by atoms with van der Waals surface area (Å²) in [4.78, 5) is 2.32. The van der Waals surface area contributed by atoms with Crippen LogP contribution >= 0.6 is 0 Å². The van der Waals surface area contributed by atoms with Gasteiger partial charge in [-0.15, -0.1) is 0 Å². The van der Waals surface area contributed by atoms with Crippen molar-refractivity contribution >= 4 is 0 Å². The lowest BCUT2D eigenvalue weighted by Crippen LogP contribution is -2.45. The predicted molar refractivity (Wildman–Crippen MR) is 50.6 cm³/mol. The fourth-order valence-corrected chi connectivity index (χ4v) is 0.949. The minimum absolute atomic E-state index is 0.269. The van der Waals surface area contributed by atoms with Gasteiger partial charge in [0.05, 0.1) is 0 Å². The molecule has 0 aromatic heterocycles. The predicted octanol–water partition coefficient (Wildman–Crippen LogP) is 1.45. The molecule has 68 valence electrons. The van der Waals surface area contributed by atoms with Gasteiger partial charge in [-0.1, -0.05) is 6.92 Å². The molecule has 0 aliphatic carbocycles. The summed E-state index contributed by atoms with van der Waals surface area (Å²) >= 11 is 0. The first-order chi connectivity index (χ1) is 4.90. The lowest BCUT2D eigenvalue weighted by atomic mass is 9.99. The molecule has 2 nitrogen and oxygen atoms in total. The summed E-state index contributed by atoms with van der Waals surface area (Å²) in [5.41, 5.74) is 5.99. The van der Waals surface area contributed by atoms with Crippen LogP contribution in [0.5, 0.6) is 0 Å². The largest absolute Gasteiger partial charge is 0.327 e. The zero-order valence-corrected chi connectivity index (χ0v) is 8.52. The van der Waals surface area contributed by atoms with Crippen molar-refractivity contribution < 1.29 is 0 Å². The van der Waals surface area contributed by atoms with Gasteiger partial charge in [-0.25, -0.2) is 0 Å². The molecule has 0 radical (unpaired) electrons. The maximum atomic E-state index is 5.70. The molecule has 0 fully saturated rings. The molecule has 0 aliphatic heterocycles. The fourth-order valence-electron chi connectivity index (χ4n) is 0.949. The van der Waals surface area contributed by atoms with Gasteiger partial charge in [0.15, 0.2) is 0 Å². The number of rotatable bonds is 4. The van der Waals surface area contributed by atoms with Gasteiger partial charge in [0.25, 0.3) is 0 Å². The van der Waals surface area contributed by atoms with E-state index in [1.165, 1.54) is 0 Å². The van der Waals surface area contributed by atoms with Gasteiger partial charge in [0.1, 0.15) is 0 Å². The summed E-state index contributed by atoms with van der Waals surface area (Å²) in [7, 11) is 2.13. The standard InChI is InChI=1S/C9H22N2/c1-6-9(3,4)11(5)7-8(2)10/h8H,6-7,10H2,1-5H3/t8-/m0/s1. The monoisotopic (exact) mass is 158 g/mol. The second-order valence-corrected chi connectivity index (χ2v) is 4.02. The molecule has 0 aliphatic rings. The highest BCUT2D eigenvalue weighted by molar-refractivity contribution is 4.78. The Balaban J connectivity index is 3.90. The molecule has 0 aromatic carbocycles. The maximum absolute atomic E-state index is 5.70. The molecular formula is C9H22N2. The zero-order chi connectivity index (χ0) is 9.07. The van der Waals surface area contributed by atoms with Crippen LogP contribution in [0.25, 0.3) is 0 Å². The maximum Gasteiger partial charge on any atom is 0.0148 e. The van der Waals surface area contributed by atoms with E-state index in [2.05, 4.69) is 32.7 Å². The zero-order valence-electron chi connectivity index (χ0n) is 8.52. The van der Waals surface area contributed by atoms with Gasteiger partial charge in [-0.2, -0.15) is 0 Å². The molecule has 0 saturated heterocycles. The third kappa shape index (κ3) is 3.73. The van der Waals surface area contributed by atoms with Crippen molar-refractivity contribution in [2.45, 2.75) is 45.7 Å². The molecule has 0 rings (SSSR count). The summed E-state index contributed by atoms with van der Waals surface area (Å²) in [6.45, 7) is 9.71. The van der Waals surface area contributed by atoms with Crippen LogP contribution in [0.4, 0.5) is 0 Å². The van der Waals surface area contributed by atoms with Crippen molar-refractivity contribution in [2.24, 2.45) is 5.73 Å². The molecule has 2 heteroatoms. The minimum atomic E-state index is 0.269. The quantitative estimate of drug-likeness (QED) is 0.671. The first kappa shape index (κ1) is 10.9. The van der Waals surface area contributed by atoms with Gasteiger partial charge in [-0.05, 0) is 34.2 Å². The van der Waals surface area contributed by atoms with Crippen LogP contribution in [-0.2, 0) is 0 Å². The van der Waals surface area contributed by atoms with E-state index >= 15 is 0 Å². The lowest BCUT2D eigenvalue weighted by Gasteiger charge is -2.35. The summed E-state index contributed by atoms with van der Waals surface area (Å²) in [5, 5.41) is 0. The van der Waals surface area contributed by atoms with Crippen LogP contribution in [0.3, 0.4) is 0 Å². The van der Waals surface area contributed by atoms with E-state index in [9.17, 15) is 0 Å². The van der Waals surface area contributed by atoms with E-state index in [1.807, 2.05) is 6.92 Å². The average Bonchev–Trinajstić information content (AvgIpc) is 1.86. The SMILES string of the molecule is CCC(C)(C)N(C)C[C@H](C)N. The van der Waals surface area contributed by atoms with Crippen molar-refractivity contribution in [1.82, 2.24) is 4.90 Å². The Morgan fingerprint density at radius 2 is 1.91 bits per heavy atom. The molecule has 0 unspecified atom stereocenters. The Kier molecular flexibility index (Phi) is 4.04. The average molecular weight is 158 g/mol. The molecule has 0 bridgehead atoms. The van der Waals surface area contributed by atoms with Crippen LogP contribution < -0.4 is 5.73 Å². The Morgan fingerprint density at radius 3 is 2.18 bits per heavy atom. The van der Waals surface area contributed by atoms with Crippen molar-refractivity contribution in [1.29, 1.82) is 0 Å². The van der Waals surface area contributed by atoms with Crippen molar-refractivity contribution in [3.05, 3.63) is 0 Å². The number of nitrogens with two attached hydrogens (primary N) is 1. The van der Waals surface area contributed by atoms with Gasteiger partial charge in [0, 0.05) is 18.1 Å². The van der Waals surface area contributed by atoms with E-state index in [0.29, 0.717) is 0 Å². The molecule has 1 atom stereocenters. The smallest absolute Gasteiger partial charge is 0.0148 e. The number of hydrogen-bond acceptors (Lipinski definition) is 2. The van der Waals surface area contributed by atoms with Crippen LogP contribution in [0.1, 0.15) is 34.1 Å². The van der Waals surface area contributed by atoms with Gasteiger partial charge in [-0.3, -0.25) is 4.90 Å². The van der Waals surface area contributed by atoms with Gasteiger partial charge in [0.2, 0.25) is 0 Å². The Hall–Kier alpha value is -0.0800. The molecule has 0 amide bonds. The topological polar surface area (TPSA) is 29.3 Å². The van der Waals surface area contributed by atoms with E-state index in [-0.39, 0.29) is 11.6 Å². The van der Waals surface area contributed by atoms with Crippen molar-refractivity contribution in [2.75, 3.05) is 13.6 Å². The van der Waals surface area contributed by atoms with E-state index in [1.54, 1.807) is 0 Å². The molecule has 0 heterocycles. The van der Waals surface area contributed by atoms with Crippen LogP contribution in [0.2, 0.25) is 0 Å². The van der Waals surface area contributed by atoms with E-state index in [0.717, 1.165) is 13.0 Å². The third-order valence-electron chi connectivity index (χ3n) is 2.46. The van der Waals surface area contributed by atoms with Gasteiger partial charge < -0.3 is 5.73 Å². The second-order valence-electron chi connectivity index (χ2n) is 4.02. The highest BCUT2D eigenvalue weighted by atomic mass is 15.2. The van der Waals surface area contributed by atoms with E-state index in [4.69, 9.17) is 5.73 Å². The molecule has 0 spiro atoms. The number of nitrogens with zero attached hydrogens (tertiary/aromatic N) is 1. The molecule has 2 N–H and O–H groups in total. The number of likely N-dealkylation sites (N-methyl/N-ethyl adjacent to an activating group) is 1.